The van der Waals surface area contributed by atoms with Crippen LogP contribution in [0, 0.1) is 0 Å². The first-order valence-corrected chi connectivity index (χ1v) is 8.33. The maximum Gasteiger partial charge on any atom is 0.266 e. The fraction of sp³-hybridized carbons (Fsp3) is 0.231. The van der Waals surface area contributed by atoms with Gasteiger partial charge in [0.25, 0.3) is 10.0 Å². The Balaban J connectivity index is 2.29. The summed E-state index contributed by atoms with van der Waals surface area (Å²) in [5.41, 5.74) is 0.414. The summed E-state index contributed by atoms with van der Waals surface area (Å²) >= 11 is 3.13. The Labute approximate surface area is 131 Å². The highest BCUT2D eigenvalue weighted by Crippen LogP contribution is 2.28. The van der Waals surface area contributed by atoms with Crippen LogP contribution in [-0.4, -0.2) is 22.6 Å². The Bertz CT molecular complexity index is 728. The van der Waals surface area contributed by atoms with Gasteiger partial charge in [-0.15, -0.1) is 0 Å². The van der Waals surface area contributed by atoms with Crippen LogP contribution in [0.3, 0.4) is 0 Å². The van der Waals surface area contributed by atoms with Gasteiger partial charge in [0.2, 0.25) is 0 Å². The standard InChI is InChI=1S/C13H15BrN2O4S/c1-15-8-11-7-12(13(14)20-11)21(17,18)16-9-4-3-5-10(6-9)19-2/h3-7,15-16H,8H2,1-2H3. The van der Waals surface area contributed by atoms with Gasteiger partial charge in [0, 0.05) is 12.1 Å². The van der Waals surface area contributed by atoms with Gasteiger partial charge in [0.1, 0.15) is 16.4 Å². The summed E-state index contributed by atoms with van der Waals surface area (Å²) in [7, 11) is -0.473. The molecule has 6 nitrogen and oxygen atoms in total. The molecule has 0 unspecified atom stereocenters. The van der Waals surface area contributed by atoms with Gasteiger partial charge in [-0.25, -0.2) is 8.42 Å². The van der Waals surface area contributed by atoms with Gasteiger partial charge in [-0.05, 0) is 35.1 Å². The molecule has 2 N–H and O–H groups in total. The minimum Gasteiger partial charge on any atom is -0.497 e. The molecule has 0 fully saturated rings. The first kappa shape index (κ1) is 15.9. The fourth-order valence-corrected chi connectivity index (χ4v) is 3.79. The van der Waals surface area contributed by atoms with E-state index in [2.05, 4.69) is 26.0 Å². The highest BCUT2D eigenvalue weighted by molar-refractivity contribution is 9.10. The summed E-state index contributed by atoms with van der Waals surface area (Å²) in [6, 6.07) is 8.15. The van der Waals surface area contributed by atoms with Crippen LogP contribution in [0.15, 0.2) is 44.3 Å². The zero-order valence-corrected chi connectivity index (χ0v) is 13.9. The fourth-order valence-electron chi connectivity index (χ4n) is 1.74. The molecule has 1 aromatic carbocycles. The molecule has 114 valence electrons. The second kappa shape index (κ2) is 6.50. The third kappa shape index (κ3) is 3.78. The SMILES string of the molecule is CNCc1cc(S(=O)(=O)Nc2cccc(OC)c2)c(Br)o1. The lowest BCUT2D eigenvalue weighted by molar-refractivity contribution is 0.415. The number of benzene rings is 1. The van der Waals surface area contributed by atoms with E-state index in [-0.39, 0.29) is 9.56 Å². The van der Waals surface area contributed by atoms with Gasteiger partial charge in [-0.2, -0.15) is 0 Å². The van der Waals surface area contributed by atoms with Crippen LogP contribution in [0.5, 0.6) is 5.75 Å². The lowest BCUT2D eigenvalue weighted by atomic mass is 10.3. The van der Waals surface area contributed by atoms with Crippen molar-refractivity contribution in [2.75, 3.05) is 18.9 Å². The highest BCUT2D eigenvalue weighted by Gasteiger charge is 2.22. The first-order chi connectivity index (χ1) is 9.96. The molecule has 0 spiro atoms. The molecular formula is C13H15BrN2O4S. The highest BCUT2D eigenvalue weighted by atomic mass is 79.9. The maximum absolute atomic E-state index is 12.4. The van der Waals surface area contributed by atoms with Crippen molar-refractivity contribution in [1.82, 2.24) is 5.32 Å². The van der Waals surface area contributed by atoms with E-state index in [9.17, 15) is 8.42 Å². The quantitative estimate of drug-likeness (QED) is 0.811. The summed E-state index contributed by atoms with van der Waals surface area (Å²) in [5, 5.41) is 2.89. The van der Waals surface area contributed by atoms with Crippen molar-refractivity contribution in [3.8, 4) is 5.75 Å². The molecule has 1 heterocycles. The van der Waals surface area contributed by atoms with Gasteiger partial charge in [-0.3, -0.25) is 4.72 Å². The van der Waals surface area contributed by atoms with E-state index in [1.807, 2.05) is 0 Å². The van der Waals surface area contributed by atoms with Gasteiger partial charge >= 0.3 is 0 Å². The average Bonchev–Trinajstić information content (AvgIpc) is 2.81. The number of nitrogens with one attached hydrogen (secondary N) is 2. The molecule has 0 saturated carbocycles. The summed E-state index contributed by atoms with van der Waals surface area (Å²) in [4.78, 5) is 0.0515. The van der Waals surface area contributed by atoms with Gasteiger partial charge in [0.15, 0.2) is 4.67 Å². The van der Waals surface area contributed by atoms with Crippen molar-refractivity contribution in [3.05, 3.63) is 40.8 Å². The molecule has 21 heavy (non-hydrogen) atoms. The lowest BCUT2D eigenvalue weighted by Crippen LogP contribution is -2.12. The van der Waals surface area contributed by atoms with Crippen LogP contribution in [0.25, 0.3) is 0 Å². The van der Waals surface area contributed by atoms with Crippen LogP contribution in [0.1, 0.15) is 5.76 Å². The number of halogens is 1. The number of rotatable bonds is 6. The molecule has 8 heteroatoms. The van der Waals surface area contributed by atoms with E-state index in [0.29, 0.717) is 23.7 Å². The predicted octanol–water partition coefficient (Wildman–Crippen LogP) is 2.57. The third-order valence-electron chi connectivity index (χ3n) is 2.67. The molecule has 0 atom stereocenters. The molecular weight excluding hydrogens is 360 g/mol. The minimum atomic E-state index is -3.74. The summed E-state index contributed by atoms with van der Waals surface area (Å²) in [5.74, 6) is 1.09. The summed E-state index contributed by atoms with van der Waals surface area (Å²) in [6.45, 7) is 0.438. The van der Waals surface area contributed by atoms with Crippen molar-refractivity contribution in [1.29, 1.82) is 0 Å². The Morgan fingerprint density at radius 1 is 1.33 bits per heavy atom. The van der Waals surface area contributed by atoms with Crippen LogP contribution in [0.2, 0.25) is 0 Å². The van der Waals surface area contributed by atoms with E-state index in [1.165, 1.54) is 13.2 Å². The van der Waals surface area contributed by atoms with Crippen molar-refractivity contribution < 1.29 is 17.6 Å². The van der Waals surface area contributed by atoms with Crippen molar-refractivity contribution in [2.45, 2.75) is 11.4 Å². The lowest BCUT2D eigenvalue weighted by Gasteiger charge is -2.08. The van der Waals surface area contributed by atoms with Crippen LogP contribution >= 0.6 is 15.9 Å². The Morgan fingerprint density at radius 2 is 2.10 bits per heavy atom. The van der Waals surface area contributed by atoms with Crippen molar-refractivity contribution in [2.24, 2.45) is 0 Å². The predicted molar refractivity (Wildman–Crippen MR) is 83.0 cm³/mol. The Kier molecular flexibility index (Phi) is 4.92. The van der Waals surface area contributed by atoms with Gasteiger partial charge in [0.05, 0.1) is 19.3 Å². The molecule has 2 rings (SSSR count). The molecule has 2 aromatic rings. The van der Waals surface area contributed by atoms with Crippen LogP contribution in [-0.2, 0) is 16.6 Å². The van der Waals surface area contributed by atoms with Gasteiger partial charge in [-0.1, -0.05) is 6.07 Å². The first-order valence-electron chi connectivity index (χ1n) is 6.06. The number of ether oxygens (including phenoxy) is 1. The van der Waals surface area contributed by atoms with E-state index < -0.39 is 10.0 Å². The van der Waals surface area contributed by atoms with E-state index in [1.54, 1.807) is 31.3 Å². The molecule has 0 amide bonds. The topological polar surface area (TPSA) is 80.6 Å². The normalized spacial score (nSPS) is 11.4. The second-order valence-electron chi connectivity index (χ2n) is 4.22. The number of hydrogen-bond acceptors (Lipinski definition) is 5. The summed E-state index contributed by atoms with van der Waals surface area (Å²) < 4.78 is 37.8. The zero-order valence-electron chi connectivity index (χ0n) is 11.5. The molecule has 0 radical (unpaired) electrons. The number of furan rings is 1. The van der Waals surface area contributed by atoms with E-state index in [4.69, 9.17) is 9.15 Å². The molecule has 0 bridgehead atoms. The smallest absolute Gasteiger partial charge is 0.266 e. The molecule has 0 aliphatic carbocycles. The second-order valence-corrected chi connectivity index (χ2v) is 6.59. The summed E-state index contributed by atoms with van der Waals surface area (Å²) in [6.07, 6.45) is 0. The number of sulfonamides is 1. The largest absolute Gasteiger partial charge is 0.497 e. The number of hydrogen-bond donors (Lipinski definition) is 2. The average molecular weight is 375 g/mol. The van der Waals surface area contributed by atoms with Crippen molar-refractivity contribution >= 4 is 31.6 Å². The molecule has 0 aliphatic heterocycles. The number of anilines is 1. The Hall–Kier alpha value is -1.51. The monoisotopic (exact) mass is 374 g/mol. The zero-order chi connectivity index (χ0) is 15.5. The molecule has 0 aliphatic rings. The maximum atomic E-state index is 12.4. The van der Waals surface area contributed by atoms with E-state index >= 15 is 0 Å². The molecule has 0 saturated heterocycles. The van der Waals surface area contributed by atoms with Crippen molar-refractivity contribution in [3.63, 3.8) is 0 Å². The minimum absolute atomic E-state index is 0.0515. The van der Waals surface area contributed by atoms with Crippen LogP contribution in [0.4, 0.5) is 5.69 Å². The third-order valence-corrected chi connectivity index (χ3v) is 4.91. The Morgan fingerprint density at radius 3 is 2.76 bits per heavy atom. The van der Waals surface area contributed by atoms with Crippen LogP contribution < -0.4 is 14.8 Å². The number of methoxy groups -OCH3 is 1. The van der Waals surface area contributed by atoms with Gasteiger partial charge < -0.3 is 14.5 Å². The van der Waals surface area contributed by atoms with E-state index in [0.717, 1.165) is 0 Å². The molecule has 1 aromatic heterocycles.